The summed E-state index contributed by atoms with van der Waals surface area (Å²) in [5.41, 5.74) is 0.540. The minimum atomic E-state index is -4.49. The third-order valence-corrected chi connectivity index (χ3v) is 8.61. The molecule has 11 nitrogen and oxygen atoms in total. The van der Waals surface area contributed by atoms with E-state index in [4.69, 9.17) is 9.47 Å². The summed E-state index contributed by atoms with van der Waals surface area (Å²) >= 11 is 0. The normalized spacial score (nSPS) is 19.5. The van der Waals surface area contributed by atoms with Crippen molar-refractivity contribution in [2.75, 3.05) is 49.3 Å². The Labute approximate surface area is 296 Å². The number of alkyl halides is 3. The largest absolute Gasteiger partial charge is 0.490 e. The second kappa shape index (κ2) is 17.9. The number of urea groups is 2. The van der Waals surface area contributed by atoms with Crippen molar-refractivity contribution in [3.63, 3.8) is 0 Å². The van der Waals surface area contributed by atoms with E-state index in [-0.39, 0.29) is 43.0 Å². The van der Waals surface area contributed by atoms with E-state index in [1.54, 1.807) is 56.4 Å². The second-order valence-corrected chi connectivity index (χ2v) is 12.8. The molecule has 0 aliphatic carbocycles. The summed E-state index contributed by atoms with van der Waals surface area (Å²) < 4.78 is 51.5. The number of hydrogen-bond acceptors (Lipinski definition) is 6. The van der Waals surface area contributed by atoms with Crippen molar-refractivity contribution in [1.82, 2.24) is 9.80 Å². The quantitative estimate of drug-likeness (QED) is 0.203. The molecule has 0 saturated heterocycles. The van der Waals surface area contributed by atoms with Crippen LogP contribution in [0.5, 0.6) is 5.75 Å². The molecule has 0 saturated carbocycles. The van der Waals surface area contributed by atoms with Crippen LogP contribution in [0, 0.1) is 5.92 Å². The van der Waals surface area contributed by atoms with Gasteiger partial charge in [-0.2, -0.15) is 13.2 Å². The molecular weight excluding hydrogens is 667 g/mol. The van der Waals surface area contributed by atoms with Gasteiger partial charge in [0, 0.05) is 49.7 Å². The van der Waals surface area contributed by atoms with E-state index < -0.39 is 41.9 Å². The lowest BCUT2D eigenvalue weighted by Crippen LogP contribution is -2.48. The second-order valence-electron chi connectivity index (χ2n) is 12.8. The summed E-state index contributed by atoms with van der Waals surface area (Å²) in [6.45, 7) is 5.81. The van der Waals surface area contributed by atoms with Crippen LogP contribution in [0.15, 0.2) is 72.8 Å². The number of aliphatic hydroxyl groups excluding tert-OH is 1. The van der Waals surface area contributed by atoms with Crippen LogP contribution in [0.1, 0.15) is 56.0 Å². The number of likely N-dealkylation sites (N-methyl/N-ethyl adjacent to an activating group) is 1. The fourth-order valence-electron chi connectivity index (χ4n) is 5.59. The zero-order chi connectivity index (χ0) is 37.1. The average molecular weight is 714 g/mol. The molecule has 276 valence electrons. The molecule has 0 unspecified atom stereocenters. The number of carbonyl (C=O) groups excluding carboxylic acids is 3. The van der Waals surface area contributed by atoms with E-state index in [2.05, 4.69) is 16.0 Å². The number of hydrogen-bond donors (Lipinski definition) is 4. The fourth-order valence-corrected chi connectivity index (χ4v) is 5.59. The fraction of sp³-hybridized carbons (Fsp3) is 0.432. The smallest absolute Gasteiger partial charge is 0.416 e. The van der Waals surface area contributed by atoms with Gasteiger partial charge in [-0.25, -0.2) is 9.59 Å². The number of nitrogens with zero attached hydrogens (tertiary/aromatic N) is 2. The maximum absolute atomic E-state index is 14.3. The van der Waals surface area contributed by atoms with Gasteiger partial charge in [-0.3, -0.25) is 4.79 Å². The van der Waals surface area contributed by atoms with Crippen LogP contribution < -0.4 is 20.7 Å². The first-order valence-corrected chi connectivity index (χ1v) is 16.9. The van der Waals surface area contributed by atoms with E-state index in [0.717, 1.165) is 18.6 Å². The first kappa shape index (κ1) is 39.0. The Balaban J connectivity index is 1.55. The van der Waals surface area contributed by atoms with Crippen molar-refractivity contribution in [2.45, 2.75) is 64.5 Å². The molecule has 4 N–H and O–H groups in total. The number of fused-ring (bicyclic) bond motifs is 1. The van der Waals surface area contributed by atoms with Crippen LogP contribution in [-0.4, -0.2) is 84.5 Å². The number of para-hydroxylation sites is 1. The Morgan fingerprint density at radius 3 is 2.27 bits per heavy atom. The van der Waals surface area contributed by atoms with Crippen molar-refractivity contribution < 1.29 is 42.1 Å². The van der Waals surface area contributed by atoms with Crippen LogP contribution in [0.4, 0.5) is 39.8 Å². The van der Waals surface area contributed by atoms with Crippen molar-refractivity contribution in [2.24, 2.45) is 5.92 Å². The van der Waals surface area contributed by atoms with Gasteiger partial charge >= 0.3 is 18.2 Å². The number of anilines is 3. The molecule has 4 rings (SSSR count). The zero-order valence-corrected chi connectivity index (χ0v) is 29.2. The number of amides is 5. The molecule has 14 heteroatoms. The van der Waals surface area contributed by atoms with E-state index in [1.165, 1.54) is 21.9 Å². The van der Waals surface area contributed by atoms with E-state index in [0.29, 0.717) is 36.6 Å². The third kappa shape index (κ3) is 11.3. The van der Waals surface area contributed by atoms with Crippen LogP contribution in [0.2, 0.25) is 0 Å². The van der Waals surface area contributed by atoms with Crippen LogP contribution >= 0.6 is 0 Å². The van der Waals surface area contributed by atoms with Crippen LogP contribution in [-0.2, 0) is 10.9 Å². The number of benzene rings is 3. The van der Waals surface area contributed by atoms with Crippen molar-refractivity contribution >= 4 is 35.0 Å². The number of halogens is 3. The molecule has 0 fully saturated rings. The predicted molar refractivity (Wildman–Crippen MR) is 189 cm³/mol. The lowest BCUT2D eigenvalue weighted by Gasteiger charge is -2.35. The molecule has 4 atom stereocenters. The van der Waals surface area contributed by atoms with Crippen molar-refractivity contribution in [3.8, 4) is 5.75 Å². The number of carbonyl (C=O) groups is 3. The number of rotatable bonds is 7. The third-order valence-electron chi connectivity index (χ3n) is 8.61. The highest BCUT2D eigenvalue weighted by molar-refractivity contribution is 6.02. The highest BCUT2D eigenvalue weighted by Crippen LogP contribution is 2.31. The van der Waals surface area contributed by atoms with Crippen molar-refractivity contribution in [1.29, 1.82) is 0 Å². The summed E-state index contributed by atoms with van der Waals surface area (Å²) in [6.07, 6.45) is -3.14. The lowest BCUT2D eigenvalue weighted by molar-refractivity contribution is -0.137. The summed E-state index contributed by atoms with van der Waals surface area (Å²) in [4.78, 5) is 43.1. The standard InChI is InChI=1S/C37H46F3N5O6/c1-24-21-45(25(2)23-46)34(47)31-20-30(42-35(48)41-28-11-6-5-7-12-28)17-18-32(31)51-26(3)10-8-9-19-50-33(24)22-44(4)36(49)43-29-15-13-27(14-16-29)37(38,39)40/h5-7,11-18,20,24-26,33,46H,8-10,19,21-23H2,1-4H3,(H,43,49)(H2,41,42,48)/t24-,25+,26-,33-/m0/s1. The molecule has 3 aromatic carbocycles. The summed E-state index contributed by atoms with van der Waals surface area (Å²) in [5, 5.41) is 18.3. The topological polar surface area (TPSA) is 132 Å². The number of nitrogens with one attached hydrogen (secondary N) is 3. The van der Waals surface area contributed by atoms with E-state index in [1.807, 2.05) is 19.9 Å². The van der Waals surface area contributed by atoms with Crippen molar-refractivity contribution in [3.05, 3.63) is 83.9 Å². The van der Waals surface area contributed by atoms with Gasteiger partial charge in [0.25, 0.3) is 5.91 Å². The molecule has 0 bridgehead atoms. The Hall–Kier alpha value is -4.82. The Morgan fingerprint density at radius 1 is 0.961 bits per heavy atom. The van der Waals surface area contributed by atoms with Gasteiger partial charge < -0.3 is 40.3 Å². The zero-order valence-electron chi connectivity index (χ0n) is 29.2. The lowest BCUT2D eigenvalue weighted by atomic mass is 10.0. The first-order valence-electron chi connectivity index (χ1n) is 16.9. The summed E-state index contributed by atoms with van der Waals surface area (Å²) in [7, 11) is 1.55. The SMILES string of the molecule is C[C@H](CO)N1C[C@H](C)[C@H](CN(C)C(=O)Nc2ccc(C(F)(F)F)cc2)OCCCC[C@H](C)Oc2ccc(NC(=O)Nc3ccccc3)cc2C1=O. The minimum Gasteiger partial charge on any atom is -0.490 e. The highest BCUT2D eigenvalue weighted by atomic mass is 19.4. The Bertz CT molecular complexity index is 1610. The van der Waals surface area contributed by atoms with Gasteiger partial charge in [-0.05, 0) is 87.7 Å². The van der Waals surface area contributed by atoms with E-state index in [9.17, 15) is 32.7 Å². The monoisotopic (exact) mass is 713 g/mol. The molecule has 1 heterocycles. The number of ether oxygens (including phenoxy) is 2. The molecule has 5 amide bonds. The predicted octanol–water partition coefficient (Wildman–Crippen LogP) is 7.31. The maximum atomic E-state index is 14.3. The Morgan fingerprint density at radius 2 is 1.61 bits per heavy atom. The molecule has 1 aliphatic rings. The highest BCUT2D eigenvalue weighted by Gasteiger charge is 2.32. The molecule has 0 spiro atoms. The van der Waals surface area contributed by atoms with E-state index >= 15 is 0 Å². The van der Waals surface area contributed by atoms with Crippen LogP contribution in [0.25, 0.3) is 0 Å². The molecule has 51 heavy (non-hydrogen) atoms. The minimum absolute atomic E-state index is 0.115. The van der Waals surface area contributed by atoms with Gasteiger partial charge in [-0.15, -0.1) is 0 Å². The Kier molecular flexibility index (Phi) is 13.7. The van der Waals surface area contributed by atoms with Gasteiger partial charge in [0.05, 0.1) is 36.0 Å². The molecule has 0 radical (unpaired) electrons. The first-order chi connectivity index (χ1) is 24.2. The molecular formula is C37H46F3N5O6. The van der Waals surface area contributed by atoms with Gasteiger partial charge in [0.2, 0.25) is 0 Å². The molecule has 0 aromatic heterocycles. The number of aliphatic hydroxyl groups is 1. The van der Waals surface area contributed by atoms with Gasteiger partial charge in [0.1, 0.15) is 5.75 Å². The molecule has 1 aliphatic heterocycles. The van der Waals surface area contributed by atoms with Crippen LogP contribution in [0.3, 0.4) is 0 Å². The van der Waals surface area contributed by atoms with Gasteiger partial charge in [0.15, 0.2) is 0 Å². The summed E-state index contributed by atoms with van der Waals surface area (Å²) in [6, 6.07) is 16.3. The van der Waals surface area contributed by atoms with Gasteiger partial charge in [-0.1, -0.05) is 25.1 Å². The average Bonchev–Trinajstić information content (AvgIpc) is 3.09. The molecule has 3 aromatic rings. The maximum Gasteiger partial charge on any atom is 0.416 e. The summed E-state index contributed by atoms with van der Waals surface area (Å²) in [5.74, 6) is -0.427.